The predicted octanol–water partition coefficient (Wildman–Crippen LogP) is 4.19. The molecule has 0 N–H and O–H groups in total. The Labute approximate surface area is 102 Å². The van der Waals surface area contributed by atoms with Crippen LogP contribution in [0.1, 0.15) is 40.0 Å². The second-order valence-electron chi connectivity index (χ2n) is 4.22. The van der Waals surface area contributed by atoms with Crippen LogP contribution in [-0.2, 0) is 0 Å². The standard InChI is InChI=1S/C15H27N/c1-6-12-16(5)13-15(9-4)11-10-14(7-2)8-3/h9-11H,4,6-8,12-13H2,1-3,5H3/b15-11+. The predicted molar refractivity (Wildman–Crippen MR) is 74.7 cm³/mol. The highest BCUT2D eigenvalue weighted by Gasteiger charge is 1.98. The SMILES string of the molecule is C=C/C(=C\C=C(CC)CC)CN(C)CCC. The lowest BCUT2D eigenvalue weighted by Crippen LogP contribution is -2.21. The molecule has 0 aromatic rings. The van der Waals surface area contributed by atoms with Crippen molar-refractivity contribution in [2.45, 2.75) is 40.0 Å². The monoisotopic (exact) mass is 221 g/mol. The minimum atomic E-state index is 0.995. The lowest BCUT2D eigenvalue weighted by atomic mass is 10.1. The normalized spacial score (nSPS) is 11.7. The van der Waals surface area contributed by atoms with Crippen molar-refractivity contribution in [3.05, 3.63) is 36.0 Å². The number of likely N-dealkylation sites (N-methyl/N-ethyl adjacent to an activating group) is 1. The molecule has 0 heterocycles. The minimum Gasteiger partial charge on any atom is -0.302 e. The first-order chi connectivity index (χ1) is 7.67. The first-order valence-electron chi connectivity index (χ1n) is 6.37. The van der Waals surface area contributed by atoms with Crippen LogP contribution < -0.4 is 0 Å². The average molecular weight is 221 g/mol. The molecule has 1 heteroatoms. The molecule has 0 radical (unpaired) electrons. The molecule has 0 bridgehead atoms. The van der Waals surface area contributed by atoms with Crippen LogP contribution in [0.5, 0.6) is 0 Å². The van der Waals surface area contributed by atoms with Crippen molar-refractivity contribution in [2.24, 2.45) is 0 Å². The van der Waals surface area contributed by atoms with Crippen molar-refractivity contribution in [2.75, 3.05) is 20.1 Å². The molecule has 0 aliphatic heterocycles. The molecule has 0 atom stereocenters. The molecule has 0 saturated heterocycles. The van der Waals surface area contributed by atoms with E-state index in [9.17, 15) is 0 Å². The Kier molecular flexibility index (Phi) is 8.93. The molecule has 0 spiro atoms. The molecule has 0 aliphatic rings. The van der Waals surface area contributed by atoms with E-state index in [1.807, 2.05) is 6.08 Å². The van der Waals surface area contributed by atoms with Gasteiger partial charge in [0.2, 0.25) is 0 Å². The third kappa shape index (κ3) is 6.62. The molecule has 0 aromatic carbocycles. The molecular weight excluding hydrogens is 194 g/mol. The van der Waals surface area contributed by atoms with E-state index in [2.05, 4.69) is 51.4 Å². The summed E-state index contributed by atoms with van der Waals surface area (Å²) in [6.07, 6.45) is 9.90. The third-order valence-corrected chi connectivity index (χ3v) is 2.76. The smallest absolute Gasteiger partial charge is 0.0230 e. The van der Waals surface area contributed by atoms with Gasteiger partial charge in [-0.2, -0.15) is 0 Å². The molecule has 0 fully saturated rings. The lowest BCUT2D eigenvalue weighted by molar-refractivity contribution is 0.365. The number of hydrogen-bond donors (Lipinski definition) is 0. The average Bonchev–Trinajstić information content (AvgIpc) is 2.29. The zero-order chi connectivity index (χ0) is 12.4. The highest BCUT2D eigenvalue weighted by atomic mass is 15.1. The van der Waals surface area contributed by atoms with Crippen LogP contribution in [0.2, 0.25) is 0 Å². The summed E-state index contributed by atoms with van der Waals surface area (Å²) in [5.74, 6) is 0. The Hall–Kier alpha value is -0.820. The maximum absolute atomic E-state index is 3.88. The summed E-state index contributed by atoms with van der Waals surface area (Å²) in [6, 6.07) is 0. The van der Waals surface area contributed by atoms with Gasteiger partial charge in [0, 0.05) is 6.54 Å². The fourth-order valence-corrected chi connectivity index (χ4v) is 1.67. The van der Waals surface area contributed by atoms with Crippen molar-refractivity contribution in [1.29, 1.82) is 0 Å². The molecule has 92 valence electrons. The van der Waals surface area contributed by atoms with Gasteiger partial charge in [-0.05, 0) is 38.4 Å². The van der Waals surface area contributed by atoms with E-state index in [1.54, 1.807) is 0 Å². The van der Waals surface area contributed by atoms with Gasteiger partial charge in [0.25, 0.3) is 0 Å². The molecule has 1 nitrogen and oxygen atoms in total. The number of allylic oxidation sites excluding steroid dienone is 3. The molecule has 0 aromatic heterocycles. The first-order valence-corrected chi connectivity index (χ1v) is 6.37. The topological polar surface area (TPSA) is 3.24 Å². The summed E-state index contributed by atoms with van der Waals surface area (Å²) < 4.78 is 0. The first kappa shape index (κ1) is 15.2. The van der Waals surface area contributed by atoms with Crippen LogP contribution in [0.25, 0.3) is 0 Å². The van der Waals surface area contributed by atoms with Gasteiger partial charge in [0.05, 0.1) is 0 Å². The Balaban J connectivity index is 4.42. The van der Waals surface area contributed by atoms with Gasteiger partial charge >= 0.3 is 0 Å². The van der Waals surface area contributed by atoms with Gasteiger partial charge in [-0.3, -0.25) is 0 Å². The summed E-state index contributed by atoms with van der Waals surface area (Å²) in [6.45, 7) is 12.6. The van der Waals surface area contributed by atoms with Gasteiger partial charge < -0.3 is 4.90 Å². The summed E-state index contributed by atoms with van der Waals surface area (Å²) in [7, 11) is 2.16. The van der Waals surface area contributed by atoms with E-state index in [1.165, 1.54) is 17.6 Å². The van der Waals surface area contributed by atoms with Crippen LogP contribution in [0.4, 0.5) is 0 Å². The van der Waals surface area contributed by atoms with Crippen LogP contribution in [-0.4, -0.2) is 25.0 Å². The number of nitrogens with zero attached hydrogens (tertiary/aromatic N) is 1. The highest BCUT2D eigenvalue weighted by Crippen LogP contribution is 2.08. The van der Waals surface area contributed by atoms with Crippen LogP contribution in [0.15, 0.2) is 36.0 Å². The van der Waals surface area contributed by atoms with Gasteiger partial charge in [-0.25, -0.2) is 0 Å². The van der Waals surface area contributed by atoms with Gasteiger partial charge in [0.1, 0.15) is 0 Å². The molecule has 0 rings (SSSR count). The number of hydrogen-bond acceptors (Lipinski definition) is 1. The maximum Gasteiger partial charge on any atom is 0.0230 e. The summed E-state index contributed by atoms with van der Waals surface area (Å²) in [5, 5.41) is 0. The van der Waals surface area contributed by atoms with E-state index in [-0.39, 0.29) is 0 Å². The van der Waals surface area contributed by atoms with E-state index in [0.717, 1.165) is 25.9 Å². The second kappa shape index (κ2) is 9.41. The Morgan fingerprint density at radius 2 is 1.75 bits per heavy atom. The molecule has 0 saturated carbocycles. The largest absolute Gasteiger partial charge is 0.302 e. The van der Waals surface area contributed by atoms with E-state index >= 15 is 0 Å². The van der Waals surface area contributed by atoms with Gasteiger partial charge in [-0.1, -0.05) is 51.2 Å². The van der Waals surface area contributed by atoms with Crippen molar-refractivity contribution in [3.63, 3.8) is 0 Å². The Morgan fingerprint density at radius 3 is 2.19 bits per heavy atom. The zero-order valence-electron chi connectivity index (χ0n) is 11.4. The van der Waals surface area contributed by atoms with Crippen molar-refractivity contribution in [1.82, 2.24) is 4.90 Å². The maximum atomic E-state index is 3.88. The fourth-order valence-electron chi connectivity index (χ4n) is 1.67. The Bertz CT molecular complexity index is 242. The summed E-state index contributed by atoms with van der Waals surface area (Å²) >= 11 is 0. The molecule has 0 amide bonds. The van der Waals surface area contributed by atoms with Crippen molar-refractivity contribution < 1.29 is 0 Å². The quantitative estimate of drug-likeness (QED) is 0.556. The van der Waals surface area contributed by atoms with Crippen molar-refractivity contribution in [3.8, 4) is 0 Å². The second-order valence-corrected chi connectivity index (χ2v) is 4.22. The van der Waals surface area contributed by atoms with Crippen LogP contribution in [0.3, 0.4) is 0 Å². The van der Waals surface area contributed by atoms with E-state index < -0.39 is 0 Å². The molecule has 16 heavy (non-hydrogen) atoms. The van der Waals surface area contributed by atoms with Crippen molar-refractivity contribution >= 4 is 0 Å². The minimum absolute atomic E-state index is 0.995. The van der Waals surface area contributed by atoms with E-state index in [4.69, 9.17) is 0 Å². The Morgan fingerprint density at radius 1 is 1.12 bits per heavy atom. The molecular formula is C15H27N. The summed E-state index contributed by atoms with van der Waals surface area (Å²) in [5.41, 5.74) is 2.80. The van der Waals surface area contributed by atoms with Crippen LogP contribution in [0, 0.1) is 0 Å². The fraction of sp³-hybridized carbons (Fsp3) is 0.600. The van der Waals surface area contributed by atoms with Crippen LogP contribution >= 0.6 is 0 Å². The zero-order valence-corrected chi connectivity index (χ0v) is 11.4. The molecule has 0 aliphatic carbocycles. The number of rotatable bonds is 8. The lowest BCUT2D eigenvalue weighted by Gasteiger charge is -2.15. The summed E-state index contributed by atoms with van der Waals surface area (Å²) in [4.78, 5) is 2.33. The van der Waals surface area contributed by atoms with Gasteiger partial charge in [0.15, 0.2) is 0 Å². The van der Waals surface area contributed by atoms with E-state index in [0.29, 0.717) is 0 Å². The van der Waals surface area contributed by atoms with Gasteiger partial charge in [-0.15, -0.1) is 0 Å². The molecule has 0 unspecified atom stereocenters. The third-order valence-electron chi connectivity index (χ3n) is 2.76. The highest BCUT2D eigenvalue weighted by molar-refractivity contribution is 5.25.